The van der Waals surface area contributed by atoms with E-state index < -0.39 is 15.8 Å². The Kier molecular flexibility index (Phi) is 5.73. The lowest BCUT2D eigenvalue weighted by atomic mass is 10.2. The highest BCUT2D eigenvalue weighted by atomic mass is 35.5. The maximum absolute atomic E-state index is 13.7. The molecule has 0 spiro atoms. The number of nitrogens with one attached hydrogen (secondary N) is 1. The summed E-state index contributed by atoms with van der Waals surface area (Å²) < 4.78 is 39.6. The Bertz CT molecular complexity index is 545. The summed E-state index contributed by atoms with van der Waals surface area (Å²) in [5, 5.41) is 2.78. The molecule has 0 radical (unpaired) electrons. The van der Waals surface area contributed by atoms with Gasteiger partial charge in [0, 0.05) is 19.6 Å². The minimum atomic E-state index is -3.67. The van der Waals surface area contributed by atoms with Gasteiger partial charge in [0.2, 0.25) is 10.0 Å². The van der Waals surface area contributed by atoms with Crippen molar-refractivity contribution >= 4 is 21.6 Å². The molecule has 0 amide bonds. The molecular formula is C12H18ClFN2O2S. The zero-order valence-corrected chi connectivity index (χ0v) is 12.8. The summed E-state index contributed by atoms with van der Waals surface area (Å²) in [4.78, 5) is -0.0663. The molecule has 0 aliphatic rings. The van der Waals surface area contributed by atoms with E-state index >= 15 is 0 Å². The molecule has 1 N–H and O–H groups in total. The smallest absolute Gasteiger partial charge is 0.243 e. The average molecular weight is 309 g/mol. The van der Waals surface area contributed by atoms with Gasteiger partial charge in [-0.3, -0.25) is 0 Å². The second-order valence-corrected chi connectivity index (χ2v) is 6.31. The summed E-state index contributed by atoms with van der Waals surface area (Å²) >= 11 is 5.82. The van der Waals surface area contributed by atoms with Crippen molar-refractivity contribution in [1.82, 2.24) is 9.62 Å². The first-order chi connectivity index (χ1) is 8.88. The van der Waals surface area contributed by atoms with Crippen molar-refractivity contribution in [2.45, 2.75) is 25.3 Å². The van der Waals surface area contributed by atoms with Gasteiger partial charge in [-0.15, -0.1) is 0 Å². The fourth-order valence-corrected chi connectivity index (χ4v) is 3.50. The minimum absolute atomic E-state index is 0.0483. The standard InChI is InChI=1S/C12H18ClFN2O2S/c1-4-16(5-2)19(17,18)10-6-9(8-15-3)12(13)11(14)7-10/h6-7,15H,4-5,8H2,1-3H3. The van der Waals surface area contributed by atoms with E-state index in [1.54, 1.807) is 20.9 Å². The number of hydrogen-bond acceptors (Lipinski definition) is 3. The fraction of sp³-hybridized carbons (Fsp3) is 0.500. The third kappa shape index (κ3) is 3.45. The van der Waals surface area contributed by atoms with Crippen molar-refractivity contribution in [3.05, 3.63) is 28.5 Å². The van der Waals surface area contributed by atoms with Gasteiger partial charge in [-0.2, -0.15) is 4.31 Å². The van der Waals surface area contributed by atoms with E-state index in [2.05, 4.69) is 5.32 Å². The molecule has 0 saturated carbocycles. The first-order valence-electron chi connectivity index (χ1n) is 6.01. The van der Waals surface area contributed by atoms with Crippen molar-refractivity contribution in [2.75, 3.05) is 20.1 Å². The lowest BCUT2D eigenvalue weighted by molar-refractivity contribution is 0.444. The lowest BCUT2D eigenvalue weighted by Gasteiger charge is -2.19. The second kappa shape index (κ2) is 6.65. The van der Waals surface area contributed by atoms with E-state index in [-0.39, 0.29) is 9.92 Å². The summed E-state index contributed by atoms with van der Waals surface area (Å²) in [6.07, 6.45) is 0. The quantitative estimate of drug-likeness (QED) is 0.877. The Balaban J connectivity index is 3.35. The van der Waals surface area contributed by atoms with Crippen molar-refractivity contribution in [2.24, 2.45) is 0 Å². The predicted molar refractivity (Wildman–Crippen MR) is 74.3 cm³/mol. The molecular weight excluding hydrogens is 291 g/mol. The molecule has 0 aromatic heterocycles. The van der Waals surface area contributed by atoms with Gasteiger partial charge >= 0.3 is 0 Å². The highest BCUT2D eigenvalue weighted by Gasteiger charge is 2.24. The van der Waals surface area contributed by atoms with E-state index in [9.17, 15) is 12.8 Å². The predicted octanol–water partition coefficient (Wildman–Crippen LogP) is 2.23. The number of sulfonamides is 1. The van der Waals surface area contributed by atoms with Crippen LogP contribution in [0.4, 0.5) is 4.39 Å². The molecule has 0 bridgehead atoms. The Hall–Kier alpha value is -0.690. The molecule has 1 aromatic carbocycles. The van der Waals surface area contributed by atoms with Crippen molar-refractivity contribution in [3.63, 3.8) is 0 Å². The number of nitrogens with zero attached hydrogens (tertiary/aromatic N) is 1. The van der Waals surface area contributed by atoms with Crippen LogP contribution in [0.25, 0.3) is 0 Å². The van der Waals surface area contributed by atoms with Gasteiger partial charge in [0.05, 0.1) is 9.92 Å². The lowest BCUT2D eigenvalue weighted by Crippen LogP contribution is -2.30. The molecule has 1 aromatic rings. The van der Waals surface area contributed by atoms with Crippen LogP contribution < -0.4 is 5.32 Å². The van der Waals surface area contributed by atoms with Crippen LogP contribution in [0.1, 0.15) is 19.4 Å². The van der Waals surface area contributed by atoms with Gasteiger partial charge in [-0.05, 0) is 24.7 Å². The maximum Gasteiger partial charge on any atom is 0.243 e. The van der Waals surface area contributed by atoms with Crippen LogP contribution in [0, 0.1) is 5.82 Å². The number of hydrogen-bond donors (Lipinski definition) is 1. The molecule has 0 atom stereocenters. The topological polar surface area (TPSA) is 49.4 Å². The van der Waals surface area contributed by atoms with Gasteiger partial charge in [0.15, 0.2) is 0 Å². The normalized spacial score (nSPS) is 12.1. The number of benzene rings is 1. The fourth-order valence-electron chi connectivity index (χ4n) is 1.80. The molecule has 108 valence electrons. The Morgan fingerprint density at radius 1 is 1.32 bits per heavy atom. The Morgan fingerprint density at radius 2 is 1.89 bits per heavy atom. The summed E-state index contributed by atoms with van der Waals surface area (Å²) in [5.74, 6) is -0.722. The molecule has 19 heavy (non-hydrogen) atoms. The van der Waals surface area contributed by atoms with Gasteiger partial charge in [0.1, 0.15) is 5.82 Å². The van der Waals surface area contributed by atoms with Crippen molar-refractivity contribution in [3.8, 4) is 0 Å². The number of halogens is 2. The van der Waals surface area contributed by atoms with Crippen molar-refractivity contribution in [1.29, 1.82) is 0 Å². The van der Waals surface area contributed by atoms with Crippen LogP contribution in [0.2, 0.25) is 5.02 Å². The molecule has 0 heterocycles. The van der Waals surface area contributed by atoms with E-state index in [0.29, 0.717) is 25.2 Å². The molecule has 0 fully saturated rings. The SMILES string of the molecule is CCN(CC)S(=O)(=O)c1cc(F)c(Cl)c(CNC)c1. The zero-order valence-electron chi connectivity index (χ0n) is 11.2. The molecule has 4 nitrogen and oxygen atoms in total. The highest BCUT2D eigenvalue weighted by molar-refractivity contribution is 7.89. The van der Waals surface area contributed by atoms with Crippen LogP contribution in [0.3, 0.4) is 0 Å². The van der Waals surface area contributed by atoms with Crippen LogP contribution in [0.15, 0.2) is 17.0 Å². The maximum atomic E-state index is 13.7. The van der Waals surface area contributed by atoms with Crippen molar-refractivity contribution < 1.29 is 12.8 Å². The Labute approximate surface area is 118 Å². The van der Waals surface area contributed by atoms with Gasteiger partial charge < -0.3 is 5.32 Å². The van der Waals surface area contributed by atoms with E-state index in [0.717, 1.165) is 6.07 Å². The second-order valence-electron chi connectivity index (χ2n) is 4.00. The van der Waals surface area contributed by atoms with Gasteiger partial charge in [-0.1, -0.05) is 25.4 Å². The zero-order chi connectivity index (χ0) is 14.6. The van der Waals surface area contributed by atoms with E-state index in [1.807, 2.05) is 0 Å². The van der Waals surface area contributed by atoms with E-state index in [1.165, 1.54) is 10.4 Å². The summed E-state index contributed by atoms with van der Waals surface area (Å²) in [6.45, 7) is 4.45. The van der Waals surface area contributed by atoms with Crippen LogP contribution in [-0.4, -0.2) is 32.9 Å². The first-order valence-corrected chi connectivity index (χ1v) is 7.82. The molecule has 1 rings (SSSR count). The molecule has 0 saturated heterocycles. The van der Waals surface area contributed by atoms with Gasteiger partial charge in [-0.25, -0.2) is 12.8 Å². The summed E-state index contributed by atoms with van der Waals surface area (Å²) in [6, 6.07) is 2.38. The van der Waals surface area contributed by atoms with Crippen LogP contribution in [0.5, 0.6) is 0 Å². The largest absolute Gasteiger partial charge is 0.316 e. The third-order valence-corrected chi connectivity index (χ3v) is 5.24. The molecule has 0 aliphatic heterocycles. The Morgan fingerprint density at radius 3 is 2.37 bits per heavy atom. The molecule has 7 heteroatoms. The van der Waals surface area contributed by atoms with Crippen LogP contribution >= 0.6 is 11.6 Å². The summed E-state index contributed by atoms with van der Waals surface area (Å²) in [5.41, 5.74) is 0.426. The average Bonchev–Trinajstić information content (AvgIpc) is 2.36. The van der Waals surface area contributed by atoms with Gasteiger partial charge in [0.25, 0.3) is 0 Å². The highest BCUT2D eigenvalue weighted by Crippen LogP contribution is 2.26. The first kappa shape index (κ1) is 16.4. The molecule has 0 aliphatic carbocycles. The van der Waals surface area contributed by atoms with E-state index in [4.69, 9.17) is 11.6 Å². The third-order valence-electron chi connectivity index (χ3n) is 2.79. The monoisotopic (exact) mass is 308 g/mol. The molecule has 0 unspecified atom stereocenters. The summed E-state index contributed by atoms with van der Waals surface area (Å²) in [7, 11) is -1.99. The number of rotatable bonds is 6. The van der Waals surface area contributed by atoms with Crippen LogP contribution in [-0.2, 0) is 16.6 Å². The minimum Gasteiger partial charge on any atom is -0.316 e.